The van der Waals surface area contributed by atoms with Gasteiger partial charge in [-0.3, -0.25) is 9.78 Å². The summed E-state index contributed by atoms with van der Waals surface area (Å²) in [5, 5.41) is 6.48. The molecule has 1 aliphatic heterocycles. The molecule has 4 nitrogen and oxygen atoms in total. The van der Waals surface area contributed by atoms with Crippen LogP contribution < -0.4 is 10.6 Å². The van der Waals surface area contributed by atoms with Crippen molar-refractivity contribution in [1.82, 2.24) is 15.6 Å². The zero-order valence-corrected chi connectivity index (χ0v) is 11.8. The summed E-state index contributed by atoms with van der Waals surface area (Å²) in [7, 11) is 0. The maximum atomic E-state index is 12.6. The van der Waals surface area contributed by atoms with E-state index in [0.717, 1.165) is 37.9 Å². The van der Waals surface area contributed by atoms with Crippen molar-refractivity contribution in [3.05, 3.63) is 30.1 Å². The standard InChI is InChI=1S/C15H23N3O/c1-3-6-15(7-10-17-11-15)14(19)18-12(2)13-4-8-16-9-5-13/h4-5,8-9,12,17H,3,6-7,10-11H2,1-2H3,(H,18,19)/t12-,15?/m0/s1. The lowest BCUT2D eigenvalue weighted by Crippen LogP contribution is -2.43. The van der Waals surface area contributed by atoms with Gasteiger partial charge in [-0.05, 0) is 44.0 Å². The summed E-state index contributed by atoms with van der Waals surface area (Å²) in [5.74, 6) is 0.184. The van der Waals surface area contributed by atoms with Gasteiger partial charge in [-0.25, -0.2) is 0 Å². The van der Waals surface area contributed by atoms with E-state index in [-0.39, 0.29) is 17.4 Å². The van der Waals surface area contributed by atoms with E-state index < -0.39 is 0 Å². The first-order valence-electron chi connectivity index (χ1n) is 7.09. The first kappa shape index (κ1) is 14.0. The molecule has 2 atom stereocenters. The zero-order valence-electron chi connectivity index (χ0n) is 11.8. The van der Waals surface area contributed by atoms with Crippen LogP contribution in [0, 0.1) is 5.41 Å². The molecule has 0 aromatic carbocycles. The topological polar surface area (TPSA) is 54.0 Å². The summed E-state index contributed by atoms with van der Waals surface area (Å²) in [4.78, 5) is 16.6. The van der Waals surface area contributed by atoms with Crippen LogP contribution >= 0.6 is 0 Å². The van der Waals surface area contributed by atoms with Gasteiger partial charge in [-0.15, -0.1) is 0 Å². The van der Waals surface area contributed by atoms with Gasteiger partial charge in [0.15, 0.2) is 0 Å². The summed E-state index contributed by atoms with van der Waals surface area (Å²) in [6, 6.07) is 3.93. The van der Waals surface area contributed by atoms with Crippen LogP contribution in [-0.2, 0) is 4.79 Å². The van der Waals surface area contributed by atoms with E-state index in [1.165, 1.54) is 0 Å². The van der Waals surface area contributed by atoms with Crippen molar-refractivity contribution in [1.29, 1.82) is 0 Å². The Morgan fingerprint density at radius 1 is 1.53 bits per heavy atom. The Bertz CT molecular complexity index is 413. The minimum absolute atomic E-state index is 0.0323. The average Bonchev–Trinajstić information content (AvgIpc) is 2.90. The van der Waals surface area contributed by atoms with Crippen LogP contribution in [0.5, 0.6) is 0 Å². The van der Waals surface area contributed by atoms with Gasteiger partial charge in [0.25, 0.3) is 0 Å². The number of hydrogen-bond donors (Lipinski definition) is 2. The fourth-order valence-electron chi connectivity index (χ4n) is 2.83. The maximum Gasteiger partial charge on any atom is 0.228 e. The minimum Gasteiger partial charge on any atom is -0.349 e. The molecule has 4 heteroatoms. The van der Waals surface area contributed by atoms with E-state index in [0.29, 0.717) is 0 Å². The van der Waals surface area contributed by atoms with Crippen LogP contribution in [0.3, 0.4) is 0 Å². The van der Waals surface area contributed by atoms with Gasteiger partial charge < -0.3 is 10.6 Å². The highest BCUT2D eigenvalue weighted by Gasteiger charge is 2.40. The molecular formula is C15H23N3O. The number of amides is 1. The molecular weight excluding hydrogens is 238 g/mol. The lowest BCUT2D eigenvalue weighted by atomic mass is 9.81. The van der Waals surface area contributed by atoms with Crippen molar-refractivity contribution in [2.75, 3.05) is 13.1 Å². The second-order valence-corrected chi connectivity index (χ2v) is 5.43. The van der Waals surface area contributed by atoms with E-state index >= 15 is 0 Å². The fourth-order valence-corrected chi connectivity index (χ4v) is 2.83. The van der Waals surface area contributed by atoms with Gasteiger partial charge in [-0.2, -0.15) is 0 Å². The first-order valence-corrected chi connectivity index (χ1v) is 7.09. The van der Waals surface area contributed by atoms with Gasteiger partial charge in [0, 0.05) is 18.9 Å². The van der Waals surface area contributed by atoms with Gasteiger partial charge in [0.2, 0.25) is 5.91 Å². The molecule has 0 spiro atoms. The van der Waals surface area contributed by atoms with Crippen molar-refractivity contribution in [3.8, 4) is 0 Å². The molecule has 2 N–H and O–H groups in total. The van der Waals surface area contributed by atoms with Gasteiger partial charge in [-0.1, -0.05) is 13.3 Å². The predicted octanol–water partition coefficient (Wildman–Crippen LogP) is 2.04. The number of hydrogen-bond acceptors (Lipinski definition) is 3. The minimum atomic E-state index is -0.212. The number of nitrogens with zero attached hydrogens (tertiary/aromatic N) is 1. The second-order valence-electron chi connectivity index (χ2n) is 5.43. The molecule has 0 aliphatic carbocycles. The van der Waals surface area contributed by atoms with Crippen LogP contribution in [-0.4, -0.2) is 24.0 Å². The van der Waals surface area contributed by atoms with Crippen LogP contribution in [0.15, 0.2) is 24.5 Å². The summed E-state index contributed by atoms with van der Waals surface area (Å²) in [5.41, 5.74) is 0.886. The van der Waals surface area contributed by atoms with Crippen molar-refractivity contribution >= 4 is 5.91 Å². The Morgan fingerprint density at radius 3 is 2.84 bits per heavy atom. The number of pyridine rings is 1. The molecule has 2 rings (SSSR count). The van der Waals surface area contributed by atoms with Crippen molar-refractivity contribution in [3.63, 3.8) is 0 Å². The molecule has 1 unspecified atom stereocenters. The average molecular weight is 261 g/mol. The molecule has 0 bridgehead atoms. The first-order chi connectivity index (χ1) is 9.18. The highest BCUT2D eigenvalue weighted by molar-refractivity contribution is 5.83. The van der Waals surface area contributed by atoms with E-state index in [9.17, 15) is 4.79 Å². The highest BCUT2D eigenvalue weighted by atomic mass is 16.2. The van der Waals surface area contributed by atoms with E-state index in [1.54, 1.807) is 12.4 Å². The summed E-state index contributed by atoms with van der Waals surface area (Å²) in [6.45, 7) is 5.90. The molecule has 104 valence electrons. The van der Waals surface area contributed by atoms with E-state index in [2.05, 4.69) is 22.5 Å². The lowest BCUT2D eigenvalue weighted by Gasteiger charge is -2.28. The molecule has 19 heavy (non-hydrogen) atoms. The van der Waals surface area contributed by atoms with Crippen LogP contribution in [0.2, 0.25) is 0 Å². The van der Waals surface area contributed by atoms with E-state index in [4.69, 9.17) is 0 Å². The van der Waals surface area contributed by atoms with Gasteiger partial charge in [0.1, 0.15) is 0 Å². The molecule has 2 heterocycles. The smallest absolute Gasteiger partial charge is 0.228 e. The quantitative estimate of drug-likeness (QED) is 0.853. The van der Waals surface area contributed by atoms with Crippen LogP contribution in [0.4, 0.5) is 0 Å². The highest BCUT2D eigenvalue weighted by Crippen LogP contribution is 2.32. The fraction of sp³-hybridized carbons (Fsp3) is 0.600. The van der Waals surface area contributed by atoms with Gasteiger partial charge in [0.05, 0.1) is 11.5 Å². The molecule has 1 aliphatic rings. The van der Waals surface area contributed by atoms with Crippen LogP contribution in [0.1, 0.15) is 44.7 Å². The Labute approximate surface area is 115 Å². The summed E-state index contributed by atoms with van der Waals surface area (Å²) in [6.07, 6.45) is 6.46. The third-order valence-electron chi connectivity index (χ3n) is 4.01. The Balaban J connectivity index is 2.03. The third kappa shape index (κ3) is 3.13. The number of aromatic nitrogens is 1. The number of nitrogens with one attached hydrogen (secondary N) is 2. The van der Waals surface area contributed by atoms with Crippen molar-refractivity contribution in [2.45, 2.75) is 39.2 Å². The third-order valence-corrected chi connectivity index (χ3v) is 4.01. The SMILES string of the molecule is CCCC1(C(=O)N[C@@H](C)c2ccncc2)CCNC1. The number of rotatable bonds is 5. The predicted molar refractivity (Wildman–Crippen MR) is 75.6 cm³/mol. The second kappa shape index (κ2) is 6.15. The molecule has 1 fully saturated rings. The number of carbonyl (C=O) groups excluding carboxylic acids is 1. The number of carbonyl (C=O) groups is 1. The normalized spacial score (nSPS) is 24.1. The van der Waals surface area contributed by atoms with Crippen molar-refractivity contribution < 1.29 is 4.79 Å². The van der Waals surface area contributed by atoms with Crippen molar-refractivity contribution in [2.24, 2.45) is 5.41 Å². The molecule has 1 aromatic rings. The molecule has 1 aromatic heterocycles. The largest absolute Gasteiger partial charge is 0.349 e. The Kier molecular flexibility index (Phi) is 4.53. The molecule has 0 radical (unpaired) electrons. The summed E-state index contributed by atoms with van der Waals surface area (Å²) >= 11 is 0. The van der Waals surface area contributed by atoms with E-state index in [1.807, 2.05) is 19.1 Å². The lowest BCUT2D eigenvalue weighted by molar-refractivity contribution is -0.131. The Hall–Kier alpha value is -1.42. The van der Waals surface area contributed by atoms with Crippen LogP contribution in [0.25, 0.3) is 0 Å². The zero-order chi connectivity index (χ0) is 13.7. The monoisotopic (exact) mass is 261 g/mol. The molecule has 1 amide bonds. The Morgan fingerprint density at radius 2 is 2.26 bits per heavy atom. The summed E-state index contributed by atoms with van der Waals surface area (Å²) < 4.78 is 0. The van der Waals surface area contributed by atoms with Gasteiger partial charge >= 0.3 is 0 Å². The molecule has 0 saturated carbocycles. The maximum absolute atomic E-state index is 12.6. The molecule has 1 saturated heterocycles.